The summed E-state index contributed by atoms with van der Waals surface area (Å²) < 4.78 is 48.2. The molecule has 0 aliphatic rings. The first-order valence-corrected chi connectivity index (χ1v) is 9.67. The molecule has 30 heavy (non-hydrogen) atoms. The molecule has 0 amide bonds. The topological polar surface area (TPSA) is 76.4 Å². The second-order valence-corrected chi connectivity index (χ2v) is 7.80. The van der Waals surface area contributed by atoms with Crippen molar-refractivity contribution < 1.29 is 17.9 Å². The highest BCUT2D eigenvalue weighted by Crippen LogP contribution is 2.35. The molecule has 0 bridgehead atoms. The summed E-state index contributed by atoms with van der Waals surface area (Å²) in [7, 11) is 1.84. The predicted molar refractivity (Wildman–Crippen MR) is 109 cm³/mol. The molecule has 0 atom stereocenters. The van der Waals surface area contributed by atoms with Gasteiger partial charge in [-0.3, -0.25) is 0 Å². The van der Waals surface area contributed by atoms with Crippen LogP contribution in [0.5, 0.6) is 5.75 Å². The second kappa shape index (κ2) is 9.36. The number of nitrogens with one attached hydrogen (secondary N) is 2. The first-order chi connectivity index (χ1) is 13.9. The van der Waals surface area contributed by atoms with Gasteiger partial charge in [-0.2, -0.15) is 13.2 Å². The maximum atomic E-state index is 13.6. The summed E-state index contributed by atoms with van der Waals surface area (Å²) in [5.41, 5.74) is -1.29. The van der Waals surface area contributed by atoms with Crippen molar-refractivity contribution in [3.05, 3.63) is 41.0 Å². The summed E-state index contributed by atoms with van der Waals surface area (Å²) in [4.78, 5) is 4.31. The molecule has 0 unspecified atom stereocenters. The summed E-state index contributed by atoms with van der Waals surface area (Å²) >= 11 is 0. The third kappa shape index (κ3) is 6.64. The van der Waals surface area contributed by atoms with Crippen molar-refractivity contribution in [2.45, 2.75) is 59.5 Å². The number of guanidine groups is 1. The smallest absolute Gasteiger partial charge is 0.416 e. The second-order valence-electron chi connectivity index (χ2n) is 7.80. The average Bonchev–Trinajstić information content (AvgIpc) is 2.94. The van der Waals surface area contributed by atoms with Crippen molar-refractivity contribution in [3.63, 3.8) is 0 Å². The Bertz CT molecular complexity index is 884. The minimum atomic E-state index is -4.51. The Balaban J connectivity index is 2.21. The molecule has 0 saturated carbocycles. The van der Waals surface area contributed by atoms with Crippen molar-refractivity contribution in [3.8, 4) is 5.75 Å². The monoisotopic (exact) mass is 426 g/mol. The molecule has 7 nitrogen and oxygen atoms in total. The molecule has 0 aliphatic heterocycles. The van der Waals surface area contributed by atoms with Crippen molar-refractivity contribution in [2.75, 3.05) is 6.54 Å². The van der Waals surface area contributed by atoms with Crippen LogP contribution in [-0.4, -0.2) is 32.9 Å². The largest absolute Gasteiger partial charge is 0.488 e. The molecule has 0 spiro atoms. The highest BCUT2D eigenvalue weighted by atomic mass is 19.4. The van der Waals surface area contributed by atoms with Crippen LogP contribution < -0.4 is 15.4 Å². The van der Waals surface area contributed by atoms with Gasteiger partial charge in [0.15, 0.2) is 11.8 Å². The molecular formula is C20H29F3N6O. The van der Waals surface area contributed by atoms with Crippen LogP contribution >= 0.6 is 0 Å². The van der Waals surface area contributed by atoms with Crippen LogP contribution in [0.25, 0.3) is 0 Å². The average molecular weight is 426 g/mol. The number of aromatic nitrogens is 3. The van der Waals surface area contributed by atoms with Crippen LogP contribution in [-0.2, 0) is 26.3 Å². The lowest BCUT2D eigenvalue weighted by Gasteiger charge is -2.22. The van der Waals surface area contributed by atoms with Crippen molar-refractivity contribution >= 4 is 5.96 Å². The van der Waals surface area contributed by atoms with E-state index in [1.807, 2.05) is 25.5 Å². The normalized spacial score (nSPS) is 12.8. The van der Waals surface area contributed by atoms with E-state index < -0.39 is 17.3 Å². The maximum absolute atomic E-state index is 13.6. The lowest BCUT2D eigenvalue weighted by Crippen LogP contribution is -2.37. The van der Waals surface area contributed by atoms with Gasteiger partial charge in [0.2, 0.25) is 0 Å². The van der Waals surface area contributed by atoms with Gasteiger partial charge in [-0.05, 0) is 52.3 Å². The Morgan fingerprint density at radius 1 is 1.17 bits per heavy atom. The summed E-state index contributed by atoms with van der Waals surface area (Å²) in [5, 5.41) is 14.1. The minimum Gasteiger partial charge on any atom is -0.488 e. The molecule has 1 aromatic carbocycles. The van der Waals surface area contributed by atoms with E-state index in [0.29, 0.717) is 24.9 Å². The lowest BCUT2D eigenvalue weighted by molar-refractivity contribution is -0.138. The SMILES string of the molecule is CCNC(=NCc1ccc(OC(C)(C)C)cc1C(F)(F)F)NCc1nnc(C)n1C. The van der Waals surface area contributed by atoms with E-state index in [2.05, 4.69) is 25.8 Å². The van der Waals surface area contributed by atoms with Crippen LogP contribution in [0, 0.1) is 6.92 Å². The number of halogens is 3. The number of hydrogen-bond acceptors (Lipinski definition) is 4. The van der Waals surface area contributed by atoms with Gasteiger partial charge in [-0.15, -0.1) is 10.2 Å². The molecule has 166 valence electrons. The van der Waals surface area contributed by atoms with Gasteiger partial charge in [0.05, 0.1) is 18.7 Å². The highest BCUT2D eigenvalue weighted by molar-refractivity contribution is 5.79. The molecule has 10 heteroatoms. The van der Waals surface area contributed by atoms with E-state index in [1.165, 1.54) is 12.1 Å². The van der Waals surface area contributed by atoms with Crippen LogP contribution in [0.4, 0.5) is 13.2 Å². The minimum absolute atomic E-state index is 0.0652. The Labute approximate surface area is 174 Å². The molecule has 0 aliphatic carbocycles. The van der Waals surface area contributed by atoms with Crippen LogP contribution in [0.3, 0.4) is 0 Å². The standard InChI is InChI=1S/C20H29F3N6O/c1-7-24-18(26-12-17-28-27-13(2)29(17)6)25-11-14-8-9-15(30-19(3,4)5)10-16(14)20(21,22)23/h8-10H,7,11-12H2,1-6H3,(H2,24,25,26). The predicted octanol–water partition coefficient (Wildman–Crippen LogP) is 3.57. The summed E-state index contributed by atoms with van der Waals surface area (Å²) in [6.45, 7) is 9.83. The Morgan fingerprint density at radius 2 is 1.87 bits per heavy atom. The number of nitrogens with zero attached hydrogens (tertiary/aromatic N) is 4. The Hall–Kier alpha value is -2.78. The molecular weight excluding hydrogens is 397 g/mol. The third-order valence-corrected chi connectivity index (χ3v) is 4.16. The Morgan fingerprint density at radius 3 is 2.40 bits per heavy atom. The zero-order valence-electron chi connectivity index (χ0n) is 18.2. The summed E-state index contributed by atoms with van der Waals surface area (Å²) in [6, 6.07) is 3.97. The van der Waals surface area contributed by atoms with Crippen LogP contribution in [0.2, 0.25) is 0 Å². The number of rotatable bonds is 6. The lowest BCUT2D eigenvalue weighted by atomic mass is 10.1. The van der Waals surface area contributed by atoms with Crippen molar-refractivity contribution in [1.82, 2.24) is 25.4 Å². The van der Waals surface area contributed by atoms with Crippen molar-refractivity contribution in [1.29, 1.82) is 0 Å². The molecule has 0 radical (unpaired) electrons. The van der Waals surface area contributed by atoms with Crippen LogP contribution in [0.1, 0.15) is 50.5 Å². The quantitative estimate of drug-likeness (QED) is 0.546. The van der Waals surface area contributed by atoms with Gasteiger partial charge in [-0.1, -0.05) is 6.07 Å². The van der Waals surface area contributed by atoms with Gasteiger partial charge >= 0.3 is 6.18 Å². The van der Waals surface area contributed by atoms with Gasteiger partial charge in [0.1, 0.15) is 17.2 Å². The van der Waals surface area contributed by atoms with E-state index in [0.717, 1.165) is 11.9 Å². The van der Waals surface area contributed by atoms with E-state index in [4.69, 9.17) is 4.74 Å². The van der Waals surface area contributed by atoms with E-state index in [-0.39, 0.29) is 17.9 Å². The fraction of sp³-hybridized carbons (Fsp3) is 0.550. The molecule has 2 rings (SSSR count). The number of aryl methyl sites for hydroxylation is 1. The summed E-state index contributed by atoms with van der Waals surface area (Å²) in [5.74, 6) is 2.02. The number of ether oxygens (including phenoxy) is 1. The third-order valence-electron chi connectivity index (χ3n) is 4.16. The first-order valence-electron chi connectivity index (χ1n) is 9.67. The fourth-order valence-corrected chi connectivity index (χ4v) is 2.65. The molecule has 0 fully saturated rings. The molecule has 0 saturated heterocycles. The molecule has 1 aromatic heterocycles. The number of alkyl halides is 3. The summed E-state index contributed by atoms with van der Waals surface area (Å²) in [6.07, 6.45) is -4.51. The molecule has 2 aromatic rings. The maximum Gasteiger partial charge on any atom is 0.416 e. The highest BCUT2D eigenvalue weighted by Gasteiger charge is 2.34. The number of hydrogen-bond donors (Lipinski definition) is 2. The zero-order valence-corrected chi connectivity index (χ0v) is 18.2. The van der Waals surface area contributed by atoms with Gasteiger partial charge in [-0.25, -0.2) is 4.99 Å². The van der Waals surface area contributed by atoms with E-state index in [1.54, 1.807) is 20.8 Å². The number of aliphatic imine (C=N–C) groups is 1. The van der Waals surface area contributed by atoms with Crippen molar-refractivity contribution in [2.24, 2.45) is 12.0 Å². The van der Waals surface area contributed by atoms with Gasteiger partial charge in [0, 0.05) is 13.6 Å². The number of benzene rings is 1. The van der Waals surface area contributed by atoms with Crippen LogP contribution in [0.15, 0.2) is 23.2 Å². The molecule has 1 heterocycles. The fourth-order valence-electron chi connectivity index (χ4n) is 2.65. The van der Waals surface area contributed by atoms with Gasteiger partial charge in [0.25, 0.3) is 0 Å². The Kier molecular flexibility index (Phi) is 7.33. The van der Waals surface area contributed by atoms with E-state index in [9.17, 15) is 13.2 Å². The first kappa shape index (κ1) is 23.5. The van der Waals surface area contributed by atoms with E-state index >= 15 is 0 Å². The van der Waals surface area contributed by atoms with Gasteiger partial charge < -0.3 is 19.9 Å². The molecule has 2 N–H and O–H groups in total. The zero-order chi connectivity index (χ0) is 22.5.